The van der Waals surface area contributed by atoms with E-state index in [0.29, 0.717) is 17.5 Å². The van der Waals surface area contributed by atoms with Crippen LogP contribution in [0.5, 0.6) is 0 Å². The van der Waals surface area contributed by atoms with E-state index in [4.69, 9.17) is 15.0 Å². The third kappa shape index (κ3) is 3.26. The van der Waals surface area contributed by atoms with Gasteiger partial charge in [-0.2, -0.15) is 0 Å². The van der Waals surface area contributed by atoms with Crippen LogP contribution >= 0.6 is 11.3 Å². The molecule has 0 saturated heterocycles. The van der Waals surface area contributed by atoms with Crippen LogP contribution in [-0.4, -0.2) is 15.0 Å². The summed E-state index contributed by atoms with van der Waals surface area (Å²) in [6.07, 6.45) is 0. The molecule has 4 heteroatoms. The van der Waals surface area contributed by atoms with Crippen molar-refractivity contribution in [2.24, 2.45) is 0 Å². The van der Waals surface area contributed by atoms with Gasteiger partial charge < -0.3 is 0 Å². The summed E-state index contributed by atoms with van der Waals surface area (Å²) in [7, 11) is 0. The second-order valence-corrected chi connectivity index (χ2v) is 8.87. The van der Waals surface area contributed by atoms with E-state index in [-0.39, 0.29) is 0 Å². The number of aromatic nitrogens is 3. The fraction of sp³-hybridized carbons (Fsp3) is 0.0357. The van der Waals surface area contributed by atoms with Crippen LogP contribution in [0.1, 0.15) is 5.56 Å². The quantitative estimate of drug-likeness (QED) is 0.291. The SMILES string of the molecule is Cc1ccc2sc3c(-c4nc(-c5ccccc5)nc(-c5ccccc5)n4)cccc3c2c1. The predicted octanol–water partition coefficient (Wildman–Crippen LogP) is 7.55. The van der Waals surface area contributed by atoms with Crippen molar-refractivity contribution in [2.75, 3.05) is 0 Å². The number of thiophene rings is 1. The monoisotopic (exact) mass is 429 g/mol. The molecule has 2 aromatic heterocycles. The molecule has 0 spiro atoms. The summed E-state index contributed by atoms with van der Waals surface area (Å²) in [6, 6.07) is 33.2. The van der Waals surface area contributed by atoms with Gasteiger partial charge in [-0.05, 0) is 25.1 Å². The molecule has 4 aromatic carbocycles. The molecule has 0 atom stereocenters. The van der Waals surface area contributed by atoms with Gasteiger partial charge in [0.25, 0.3) is 0 Å². The third-order valence-electron chi connectivity index (χ3n) is 5.59. The standard InChI is InChI=1S/C28H19N3S/c1-18-15-16-24-23(17-18)21-13-8-14-22(25(21)32-24)28-30-26(19-9-4-2-5-10-19)29-27(31-28)20-11-6-3-7-12-20/h2-17H,1H3. The zero-order valence-corrected chi connectivity index (χ0v) is 18.3. The predicted molar refractivity (Wildman–Crippen MR) is 134 cm³/mol. The van der Waals surface area contributed by atoms with Crippen LogP contribution in [-0.2, 0) is 0 Å². The van der Waals surface area contributed by atoms with E-state index in [0.717, 1.165) is 16.7 Å². The highest BCUT2D eigenvalue weighted by Gasteiger charge is 2.16. The number of hydrogen-bond donors (Lipinski definition) is 0. The Hall–Kier alpha value is -3.89. The van der Waals surface area contributed by atoms with Gasteiger partial charge in [-0.15, -0.1) is 11.3 Å². The molecule has 0 bridgehead atoms. The minimum atomic E-state index is 0.684. The number of hydrogen-bond acceptors (Lipinski definition) is 4. The molecule has 0 unspecified atom stereocenters. The van der Waals surface area contributed by atoms with Gasteiger partial charge in [0, 0.05) is 36.9 Å². The molecule has 0 saturated carbocycles. The zero-order chi connectivity index (χ0) is 21.5. The van der Waals surface area contributed by atoms with Crippen LogP contribution in [0.2, 0.25) is 0 Å². The first kappa shape index (κ1) is 18.8. The van der Waals surface area contributed by atoms with Crippen LogP contribution < -0.4 is 0 Å². The Kier molecular flexibility index (Phi) is 4.51. The smallest absolute Gasteiger partial charge is 0.165 e. The Morgan fingerprint density at radius 2 is 1.19 bits per heavy atom. The number of nitrogens with zero attached hydrogens (tertiary/aromatic N) is 3. The highest BCUT2D eigenvalue weighted by atomic mass is 32.1. The van der Waals surface area contributed by atoms with Crippen molar-refractivity contribution in [2.45, 2.75) is 6.92 Å². The summed E-state index contributed by atoms with van der Waals surface area (Å²) in [6.45, 7) is 2.14. The maximum absolute atomic E-state index is 4.92. The third-order valence-corrected chi connectivity index (χ3v) is 6.81. The Balaban J connectivity index is 1.63. The molecule has 6 rings (SSSR count). The van der Waals surface area contributed by atoms with E-state index in [2.05, 4.69) is 43.3 Å². The van der Waals surface area contributed by atoms with E-state index in [1.807, 2.05) is 60.7 Å². The lowest BCUT2D eigenvalue weighted by atomic mass is 10.1. The number of benzene rings is 4. The minimum absolute atomic E-state index is 0.684. The molecule has 0 fully saturated rings. The summed E-state index contributed by atoms with van der Waals surface area (Å²) >= 11 is 1.79. The topological polar surface area (TPSA) is 38.7 Å². The van der Waals surface area contributed by atoms with E-state index in [9.17, 15) is 0 Å². The van der Waals surface area contributed by atoms with Crippen molar-refractivity contribution in [3.63, 3.8) is 0 Å². The maximum Gasteiger partial charge on any atom is 0.165 e. The van der Waals surface area contributed by atoms with Crippen LogP contribution in [0, 0.1) is 6.92 Å². The van der Waals surface area contributed by atoms with Crippen LogP contribution in [0.15, 0.2) is 97.1 Å². The lowest BCUT2D eigenvalue weighted by Gasteiger charge is -2.09. The average Bonchev–Trinajstić information content (AvgIpc) is 3.23. The van der Waals surface area contributed by atoms with Crippen LogP contribution in [0.4, 0.5) is 0 Å². The highest BCUT2D eigenvalue weighted by molar-refractivity contribution is 7.26. The van der Waals surface area contributed by atoms with Crippen LogP contribution in [0.3, 0.4) is 0 Å². The molecule has 0 radical (unpaired) electrons. The number of rotatable bonds is 3. The van der Waals surface area contributed by atoms with Crippen molar-refractivity contribution < 1.29 is 0 Å². The lowest BCUT2D eigenvalue weighted by Crippen LogP contribution is -2.00. The first-order valence-electron chi connectivity index (χ1n) is 10.6. The summed E-state index contributed by atoms with van der Waals surface area (Å²) in [5.41, 5.74) is 4.26. The molecule has 0 N–H and O–H groups in total. The molecular weight excluding hydrogens is 410 g/mol. The Labute approximate surface area is 190 Å². The molecule has 0 aliphatic rings. The van der Waals surface area contributed by atoms with Gasteiger partial charge in [-0.25, -0.2) is 15.0 Å². The van der Waals surface area contributed by atoms with Gasteiger partial charge in [-0.3, -0.25) is 0 Å². The van der Waals surface area contributed by atoms with Crippen molar-refractivity contribution in [1.82, 2.24) is 15.0 Å². The zero-order valence-electron chi connectivity index (χ0n) is 17.5. The van der Waals surface area contributed by atoms with Gasteiger partial charge in [0.2, 0.25) is 0 Å². The first-order valence-corrected chi connectivity index (χ1v) is 11.4. The summed E-state index contributed by atoms with van der Waals surface area (Å²) in [5, 5.41) is 2.53. The number of aryl methyl sites for hydroxylation is 1. The molecule has 0 aliphatic carbocycles. The molecule has 32 heavy (non-hydrogen) atoms. The second-order valence-electron chi connectivity index (χ2n) is 7.82. The van der Waals surface area contributed by atoms with E-state index in [1.54, 1.807) is 11.3 Å². The first-order chi connectivity index (χ1) is 15.8. The molecule has 6 aromatic rings. The Morgan fingerprint density at radius 1 is 0.562 bits per heavy atom. The fourth-order valence-electron chi connectivity index (χ4n) is 4.02. The average molecular weight is 430 g/mol. The molecule has 0 aliphatic heterocycles. The van der Waals surface area contributed by atoms with Gasteiger partial charge >= 0.3 is 0 Å². The summed E-state index contributed by atoms with van der Waals surface area (Å²) in [4.78, 5) is 14.7. The highest BCUT2D eigenvalue weighted by Crippen LogP contribution is 2.39. The molecule has 152 valence electrons. The van der Waals surface area contributed by atoms with Gasteiger partial charge in [-0.1, -0.05) is 84.4 Å². The van der Waals surface area contributed by atoms with Crippen molar-refractivity contribution in [1.29, 1.82) is 0 Å². The summed E-state index contributed by atoms with van der Waals surface area (Å²) < 4.78 is 2.48. The molecule has 0 amide bonds. The fourth-order valence-corrected chi connectivity index (χ4v) is 5.21. The minimum Gasteiger partial charge on any atom is -0.208 e. The van der Waals surface area contributed by atoms with Gasteiger partial charge in [0.1, 0.15) is 0 Å². The Bertz CT molecular complexity index is 1510. The maximum atomic E-state index is 4.92. The van der Waals surface area contributed by atoms with Crippen LogP contribution in [0.25, 0.3) is 54.3 Å². The molecular formula is C28H19N3S. The molecule has 3 nitrogen and oxygen atoms in total. The normalized spacial score (nSPS) is 11.3. The lowest BCUT2D eigenvalue weighted by molar-refractivity contribution is 1.08. The van der Waals surface area contributed by atoms with Gasteiger partial charge in [0.05, 0.1) is 0 Å². The van der Waals surface area contributed by atoms with Crippen molar-refractivity contribution in [3.8, 4) is 34.2 Å². The second kappa shape index (κ2) is 7.66. The number of fused-ring (bicyclic) bond motifs is 3. The largest absolute Gasteiger partial charge is 0.208 e. The Morgan fingerprint density at radius 3 is 1.84 bits per heavy atom. The van der Waals surface area contributed by atoms with Crippen molar-refractivity contribution in [3.05, 3.63) is 103 Å². The van der Waals surface area contributed by atoms with E-state index < -0.39 is 0 Å². The van der Waals surface area contributed by atoms with E-state index in [1.165, 1.54) is 25.7 Å². The van der Waals surface area contributed by atoms with E-state index >= 15 is 0 Å². The van der Waals surface area contributed by atoms with Crippen molar-refractivity contribution >= 4 is 31.5 Å². The summed E-state index contributed by atoms with van der Waals surface area (Å²) in [5.74, 6) is 2.07. The molecule has 2 heterocycles. The van der Waals surface area contributed by atoms with Gasteiger partial charge in [0.15, 0.2) is 17.5 Å².